The summed E-state index contributed by atoms with van der Waals surface area (Å²) in [5.41, 5.74) is 0.963. The predicted molar refractivity (Wildman–Crippen MR) is 65.7 cm³/mol. The van der Waals surface area contributed by atoms with Gasteiger partial charge in [0.05, 0.1) is 11.9 Å². The summed E-state index contributed by atoms with van der Waals surface area (Å²) in [5, 5.41) is 10.2. The number of halogens is 1. The fourth-order valence-corrected chi connectivity index (χ4v) is 2.28. The minimum absolute atomic E-state index is 0.378. The average molecular weight is 287 g/mol. The van der Waals surface area contributed by atoms with Crippen molar-refractivity contribution in [3.05, 3.63) is 22.4 Å². The molecule has 4 nitrogen and oxygen atoms in total. The number of rotatable bonds is 3. The Morgan fingerprint density at radius 1 is 1.53 bits per heavy atom. The normalized spacial score (nSPS) is 10.9. The standard InChI is InChI=1S/C9H11BrN4S/c1-6(2)14-4-7(3-11-14)12-9-13-8(10)5-15-9/h3-6H,1-2H3,(H,12,13). The van der Waals surface area contributed by atoms with Crippen molar-refractivity contribution in [1.82, 2.24) is 14.8 Å². The van der Waals surface area contributed by atoms with Crippen LogP contribution in [0.1, 0.15) is 19.9 Å². The lowest BCUT2D eigenvalue weighted by molar-refractivity contribution is 0.532. The quantitative estimate of drug-likeness (QED) is 0.940. The van der Waals surface area contributed by atoms with E-state index in [1.807, 2.05) is 16.3 Å². The Labute approximate surface area is 100 Å². The van der Waals surface area contributed by atoms with Crippen LogP contribution >= 0.6 is 27.3 Å². The van der Waals surface area contributed by atoms with Gasteiger partial charge in [0.2, 0.25) is 0 Å². The summed E-state index contributed by atoms with van der Waals surface area (Å²) < 4.78 is 2.76. The number of aromatic nitrogens is 3. The van der Waals surface area contributed by atoms with Gasteiger partial charge in [-0.25, -0.2) is 4.98 Å². The molecule has 0 aliphatic carbocycles. The van der Waals surface area contributed by atoms with Crippen molar-refractivity contribution in [3.8, 4) is 0 Å². The number of hydrogen-bond donors (Lipinski definition) is 1. The van der Waals surface area contributed by atoms with Gasteiger partial charge in [0, 0.05) is 17.6 Å². The van der Waals surface area contributed by atoms with Gasteiger partial charge in [-0.15, -0.1) is 11.3 Å². The number of anilines is 2. The zero-order chi connectivity index (χ0) is 10.8. The second-order valence-corrected chi connectivity index (χ2v) is 5.07. The Hall–Kier alpha value is -0.880. The van der Waals surface area contributed by atoms with Crippen LogP contribution in [0.25, 0.3) is 0 Å². The third-order valence-corrected chi connectivity index (χ3v) is 3.33. The van der Waals surface area contributed by atoms with Crippen LogP contribution in [-0.2, 0) is 0 Å². The minimum atomic E-state index is 0.378. The van der Waals surface area contributed by atoms with E-state index in [1.54, 1.807) is 17.5 Å². The molecule has 2 aromatic rings. The molecule has 2 rings (SSSR count). The molecule has 0 amide bonds. The second kappa shape index (κ2) is 4.32. The van der Waals surface area contributed by atoms with Crippen molar-refractivity contribution < 1.29 is 0 Å². The molecule has 80 valence electrons. The van der Waals surface area contributed by atoms with E-state index in [4.69, 9.17) is 0 Å². The molecule has 0 atom stereocenters. The summed E-state index contributed by atoms with van der Waals surface area (Å²) >= 11 is 4.87. The average Bonchev–Trinajstić information content (AvgIpc) is 2.76. The van der Waals surface area contributed by atoms with Crippen LogP contribution < -0.4 is 5.32 Å². The molecule has 15 heavy (non-hydrogen) atoms. The van der Waals surface area contributed by atoms with Crippen molar-refractivity contribution >= 4 is 38.1 Å². The summed E-state index contributed by atoms with van der Waals surface area (Å²) in [6, 6.07) is 0.378. The van der Waals surface area contributed by atoms with E-state index in [0.29, 0.717) is 6.04 Å². The van der Waals surface area contributed by atoms with Crippen LogP contribution in [0, 0.1) is 0 Å². The summed E-state index contributed by atoms with van der Waals surface area (Å²) in [4.78, 5) is 4.25. The molecular weight excluding hydrogens is 276 g/mol. The van der Waals surface area contributed by atoms with E-state index in [0.717, 1.165) is 15.4 Å². The fraction of sp³-hybridized carbons (Fsp3) is 0.333. The first-order valence-electron chi connectivity index (χ1n) is 4.57. The van der Waals surface area contributed by atoms with Gasteiger partial charge >= 0.3 is 0 Å². The molecule has 0 aromatic carbocycles. The zero-order valence-corrected chi connectivity index (χ0v) is 10.8. The van der Waals surface area contributed by atoms with E-state index >= 15 is 0 Å². The fourth-order valence-electron chi connectivity index (χ4n) is 1.12. The van der Waals surface area contributed by atoms with Crippen molar-refractivity contribution in [2.45, 2.75) is 19.9 Å². The number of thiazole rings is 1. The Morgan fingerprint density at radius 2 is 2.33 bits per heavy atom. The Bertz CT molecular complexity index is 448. The SMILES string of the molecule is CC(C)n1cc(Nc2nc(Br)cs2)cn1. The third kappa shape index (κ3) is 2.57. The maximum atomic E-state index is 4.25. The monoisotopic (exact) mass is 286 g/mol. The van der Waals surface area contributed by atoms with Crippen LogP contribution in [0.2, 0.25) is 0 Å². The molecule has 2 heterocycles. The molecular formula is C9H11BrN4S. The zero-order valence-electron chi connectivity index (χ0n) is 8.44. The van der Waals surface area contributed by atoms with Crippen LogP contribution in [-0.4, -0.2) is 14.8 Å². The molecule has 0 radical (unpaired) electrons. The molecule has 2 aromatic heterocycles. The molecule has 0 saturated carbocycles. The molecule has 0 saturated heterocycles. The largest absolute Gasteiger partial charge is 0.329 e. The van der Waals surface area contributed by atoms with E-state index in [9.17, 15) is 0 Å². The molecule has 6 heteroatoms. The smallest absolute Gasteiger partial charge is 0.188 e. The summed E-state index contributed by atoms with van der Waals surface area (Å²) in [7, 11) is 0. The second-order valence-electron chi connectivity index (χ2n) is 3.40. The Balaban J connectivity index is 2.11. The van der Waals surface area contributed by atoms with Gasteiger partial charge in [0.25, 0.3) is 0 Å². The van der Waals surface area contributed by atoms with Crippen molar-refractivity contribution in [3.63, 3.8) is 0 Å². The number of hydrogen-bond acceptors (Lipinski definition) is 4. The summed E-state index contributed by atoms with van der Waals surface area (Å²) in [6.45, 7) is 4.19. The van der Waals surface area contributed by atoms with E-state index in [-0.39, 0.29) is 0 Å². The molecule has 0 aliphatic heterocycles. The predicted octanol–water partition coefficient (Wildman–Crippen LogP) is 3.43. The highest BCUT2D eigenvalue weighted by Crippen LogP contribution is 2.23. The summed E-state index contributed by atoms with van der Waals surface area (Å²) in [6.07, 6.45) is 3.77. The van der Waals surface area contributed by atoms with Crippen LogP contribution in [0.4, 0.5) is 10.8 Å². The van der Waals surface area contributed by atoms with Gasteiger partial charge in [-0.2, -0.15) is 5.10 Å². The van der Waals surface area contributed by atoms with Crippen LogP contribution in [0.3, 0.4) is 0 Å². The maximum absolute atomic E-state index is 4.25. The Morgan fingerprint density at radius 3 is 2.87 bits per heavy atom. The molecule has 0 spiro atoms. The van der Waals surface area contributed by atoms with Gasteiger partial charge in [-0.05, 0) is 29.8 Å². The lowest BCUT2D eigenvalue weighted by Crippen LogP contribution is -1.99. The first kappa shape index (κ1) is 10.6. The van der Waals surface area contributed by atoms with Crippen molar-refractivity contribution in [1.29, 1.82) is 0 Å². The molecule has 0 aliphatic rings. The lowest BCUT2D eigenvalue weighted by Gasteiger charge is -2.03. The number of nitrogens with one attached hydrogen (secondary N) is 1. The molecule has 0 unspecified atom stereocenters. The van der Waals surface area contributed by atoms with E-state index in [1.165, 1.54) is 0 Å². The lowest BCUT2D eigenvalue weighted by atomic mass is 10.4. The van der Waals surface area contributed by atoms with E-state index < -0.39 is 0 Å². The van der Waals surface area contributed by atoms with Gasteiger partial charge in [0.1, 0.15) is 4.60 Å². The van der Waals surface area contributed by atoms with Crippen LogP contribution in [0.15, 0.2) is 22.4 Å². The van der Waals surface area contributed by atoms with E-state index in [2.05, 4.69) is 45.2 Å². The molecule has 0 bridgehead atoms. The van der Waals surface area contributed by atoms with Crippen molar-refractivity contribution in [2.75, 3.05) is 5.32 Å². The maximum Gasteiger partial charge on any atom is 0.188 e. The van der Waals surface area contributed by atoms with Gasteiger partial charge in [-0.1, -0.05) is 0 Å². The Kier molecular flexibility index (Phi) is 3.06. The highest BCUT2D eigenvalue weighted by Gasteiger charge is 2.03. The van der Waals surface area contributed by atoms with Crippen LogP contribution in [0.5, 0.6) is 0 Å². The van der Waals surface area contributed by atoms with Gasteiger partial charge in [-0.3, -0.25) is 4.68 Å². The number of nitrogens with zero attached hydrogens (tertiary/aromatic N) is 3. The highest BCUT2D eigenvalue weighted by molar-refractivity contribution is 9.10. The molecule has 1 N–H and O–H groups in total. The topological polar surface area (TPSA) is 42.7 Å². The van der Waals surface area contributed by atoms with Gasteiger partial charge < -0.3 is 5.32 Å². The molecule has 0 fully saturated rings. The first-order chi connectivity index (χ1) is 7.15. The first-order valence-corrected chi connectivity index (χ1v) is 6.24. The third-order valence-electron chi connectivity index (χ3n) is 1.86. The van der Waals surface area contributed by atoms with Gasteiger partial charge in [0.15, 0.2) is 5.13 Å². The minimum Gasteiger partial charge on any atom is -0.329 e. The summed E-state index contributed by atoms with van der Waals surface area (Å²) in [5.74, 6) is 0. The highest BCUT2D eigenvalue weighted by atomic mass is 79.9. The van der Waals surface area contributed by atoms with Crippen molar-refractivity contribution in [2.24, 2.45) is 0 Å².